The molecule has 0 aliphatic rings. The van der Waals surface area contributed by atoms with E-state index in [4.69, 9.17) is 5.73 Å². The lowest BCUT2D eigenvalue weighted by molar-refractivity contribution is 0.0762. The van der Waals surface area contributed by atoms with E-state index < -0.39 is 6.10 Å². The average Bonchev–Trinajstić information content (AvgIpc) is 2.15. The molecule has 0 heterocycles. The van der Waals surface area contributed by atoms with Crippen LogP contribution in [0.5, 0.6) is 0 Å². The Morgan fingerprint density at radius 1 is 1.50 bits per heavy atom. The van der Waals surface area contributed by atoms with Crippen LogP contribution in [0.2, 0.25) is 0 Å². The molecule has 0 bridgehead atoms. The number of hydrogen-bond acceptors (Lipinski definition) is 3. The van der Waals surface area contributed by atoms with E-state index in [1.54, 1.807) is 6.07 Å². The van der Waals surface area contributed by atoms with Crippen LogP contribution >= 0.6 is 0 Å². The van der Waals surface area contributed by atoms with E-state index in [1.165, 1.54) is 0 Å². The average molecular weight is 193 g/mol. The highest BCUT2D eigenvalue weighted by Gasteiger charge is 2.16. The van der Waals surface area contributed by atoms with Gasteiger partial charge in [-0.2, -0.15) is 0 Å². The summed E-state index contributed by atoms with van der Waals surface area (Å²) >= 11 is 0. The van der Waals surface area contributed by atoms with Crippen molar-refractivity contribution >= 4 is 5.78 Å². The van der Waals surface area contributed by atoms with Gasteiger partial charge in [-0.1, -0.05) is 23.8 Å². The zero-order chi connectivity index (χ0) is 10.7. The molecular formula is C11H15NO2. The van der Waals surface area contributed by atoms with Crippen molar-refractivity contribution in [3.63, 3.8) is 0 Å². The number of rotatable bonds is 3. The van der Waals surface area contributed by atoms with Gasteiger partial charge in [0.2, 0.25) is 0 Å². The molecule has 1 aromatic rings. The van der Waals surface area contributed by atoms with Crippen molar-refractivity contribution in [2.45, 2.75) is 20.0 Å². The van der Waals surface area contributed by atoms with Gasteiger partial charge in [-0.25, -0.2) is 0 Å². The standard InChI is InChI=1S/C11H15NO2/c1-7-3-4-9(8(2)5-7)11(14)10(13)6-12/h3-5,10,13H,6,12H2,1-2H3. The Hall–Kier alpha value is -1.19. The van der Waals surface area contributed by atoms with Crippen LogP contribution in [-0.4, -0.2) is 23.5 Å². The molecule has 0 aromatic heterocycles. The zero-order valence-corrected chi connectivity index (χ0v) is 8.45. The Kier molecular flexibility index (Phi) is 3.38. The smallest absolute Gasteiger partial charge is 0.192 e. The first-order chi connectivity index (χ1) is 6.56. The zero-order valence-electron chi connectivity index (χ0n) is 8.45. The van der Waals surface area contributed by atoms with Gasteiger partial charge < -0.3 is 10.8 Å². The Bertz CT molecular complexity index is 347. The predicted molar refractivity (Wildman–Crippen MR) is 55.3 cm³/mol. The predicted octanol–water partition coefficient (Wildman–Crippen LogP) is 0.806. The van der Waals surface area contributed by atoms with Crippen LogP contribution in [0.3, 0.4) is 0 Å². The fourth-order valence-electron chi connectivity index (χ4n) is 1.38. The number of benzene rings is 1. The molecule has 3 nitrogen and oxygen atoms in total. The number of Topliss-reactive ketones (excluding diaryl/α,β-unsaturated/α-hetero) is 1. The molecule has 0 fully saturated rings. The molecule has 0 spiro atoms. The third-order valence-electron chi connectivity index (χ3n) is 2.17. The Morgan fingerprint density at radius 3 is 2.64 bits per heavy atom. The molecule has 0 amide bonds. The summed E-state index contributed by atoms with van der Waals surface area (Å²) in [6.45, 7) is 3.77. The van der Waals surface area contributed by atoms with Gasteiger partial charge in [-0.3, -0.25) is 4.79 Å². The lowest BCUT2D eigenvalue weighted by atomic mass is 9.99. The Labute approximate surface area is 83.6 Å². The van der Waals surface area contributed by atoms with Crippen molar-refractivity contribution in [3.8, 4) is 0 Å². The number of aryl methyl sites for hydroxylation is 2. The van der Waals surface area contributed by atoms with Crippen molar-refractivity contribution in [1.29, 1.82) is 0 Å². The molecule has 0 radical (unpaired) electrons. The summed E-state index contributed by atoms with van der Waals surface area (Å²) in [7, 11) is 0. The number of nitrogens with two attached hydrogens (primary N) is 1. The minimum absolute atomic E-state index is 0.0356. The summed E-state index contributed by atoms with van der Waals surface area (Å²) in [6.07, 6.45) is -1.09. The molecule has 3 heteroatoms. The number of aliphatic hydroxyl groups excluding tert-OH is 1. The molecule has 3 N–H and O–H groups in total. The minimum atomic E-state index is -1.09. The van der Waals surface area contributed by atoms with Crippen LogP contribution in [-0.2, 0) is 0 Å². The van der Waals surface area contributed by atoms with Crippen LogP contribution in [0.25, 0.3) is 0 Å². The molecular weight excluding hydrogens is 178 g/mol. The maximum Gasteiger partial charge on any atom is 0.192 e. The van der Waals surface area contributed by atoms with Gasteiger partial charge in [-0.15, -0.1) is 0 Å². The maximum atomic E-state index is 11.6. The van der Waals surface area contributed by atoms with E-state index in [1.807, 2.05) is 26.0 Å². The van der Waals surface area contributed by atoms with E-state index in [0.717, 1.165) is 11.1 Å². The van der Waals surface area contributed by atoms with Crippen molar-refractivity contribution in [2.75, 3.05) is 6.54 Å². The number of carbonyl (C=O) groups is 1. The molecule has 76 valence electrons. The summed E-state index contributed by atoms with van der Waals surface area (Å²) in [4.78, 5) is 11.6. The number of carbonyl (C=O) groups excluding carboxylic acids is 1. The molecule has 14 heavy (non-hydrogen) atoms. The number of hydrogen-bond donors (Lipinski definition) is 2. The van der Waals surface area contributed by atoms with E-state index in [2.05, 4.69) is 0 Å². The Morgan fingerprint density at radius 2 is 2.14 bits per heavy atom. The topological polar surface area (TPSA) is 63.3 Å². The van der Waals surface area contributed by atoms with Crippen molar-refractivity contribution in [3.05, 3.63) is 34.9 Å². The monoisotopic (exact) mass is 193 g/mol. The lowest BCUT2D eigenvalue weighted by Gasteiger charge is -2.09. The van der Waals surface area contributed by atoms with Crippen LogP contribution in [0.4, 0.5) is 0 Å². The molecule has 0 aliphatic heterocycles. The first-order valence-corrected chi connectivity index (χ1v) is 4.56. The van der Waals surface area contributed by atoms with Gasteiger partial charge in [0.25, 0.3) is 0 Å². The highest BCUT2D eigenvalue weighted by atomic mass is 16.3. The maximum absolute atomic E-state index is 11.6. The molecule has 1 aromatic carbocycles. The number of aliphatic hydroxyl groups is 1. The first kappa shape index (κ1) is 10.9. The van der Waals surface area contributed by atoms with Gasteiger partial charge in [-0.05, 0) is 19.4 Å². The fraction of sp³-hybridized carbons (Fsp3) is 0.364. The van der Waals surface area contributed by atoms with E-state index in [-0.39, 0.29) is 12.3 Å². The second-order valence-electron chi connectivity index (χ2n) is 3.43. The quantitative estimate of drug-likeness (QED) is 0.698. The molecule has 1 unspecified atom stereocenters. The largest absolute Gasteiger partial charge is 0.384 e. The van der Waals surface area contributed by atoms with Crippen LogP contribution < -0.4 is 5.73 Å². The summed E-state index contributed by atoms with van der Waals surface area (Å²) < 4.78 is 0. The van der Waals surface area contributed by atoms with Crippen molar-refractivity contribution in [1.82, 2.24) is 0 Å². The minimum Gasteiger partial charge on any atom is -0.384 e. The lowest BCUT2D eigenvalue weighted by Crippen LogP contribution is -2.29. The summed E-state index contributed by atoms with van der Waals surface area (Å²) in [5.74, 6) is -0.301. The SMILES string of the molecule is Cc1ccc(C(=O)C(O)CN)c(C)c1. The third-order valence-corrected chi connectivity index (χ3v) is 2.17. The Balaban J connectivity index is 3.02. The summed E-state index contributed by atoms with van der Waals surface area (Å²) in [6, 6.07) is 5.49. The van der Waals surface area contributed by atoms with Crippen LogP contribution in [0, 0.1) is 13.8 Å². The van der Waals surface area contributed by atoms with Gasteiger partial charge in [0, 0.05) is 12.1 Å². The van der Waals surface area contributed by atoms with Crippen LogP contribution in [0.15, 0.2) is 18.2 Å². The van der Waals surface area contributed by atoms with Gasteiger partial charge in [0.05, 0.1) is 0 Å². The molecule has 1 rings (SSSR count). The third kappa shape index (κ3) is 2.19. The molecule has 0 saturated carbocycles. The first-order valence-electron chi connectivity index (χ1n) is 4.56. The van der Waals surface area contributed by atoms with Crippen molar-refractivity contribution < 1.29 is 9.90 Å². The fourth-order valence-corrected chi connectivity index (χ4v) is 1.38. The number of ketones is 1. The van der Waals surface area contributed by atoms with Gasteiger partial charge in [0.1, 0.15) is 6.10 Å². The highest BCUT2D eigenvalue weighted by molar-refractivity contribution is 6.00. The summed E-state index contributed by atoms with van der Waals surface area (Å²) in [5.41, 5.74) is 7.74. The van der Waals surface area contributed by atoms with E-state index in [0.29, 0.717) is 5.56 Å². The van der Waals surface area contributed by atoms with E-state index in [9.17, 15) is 9.90 Å². The van der Waals surface area contributed by atoms with Gasteiger partial charge in [0.15, 0.2) is 5.78 Å². The molecule has 1 atom stereocenters. The van der Waals surface area contributed by atoms with Crippen molar-refractivity contribution in [2.24, 2.45) is 5.73 Å². The molecule has 0 aliphatic carbocycles. The van der Waals surface area contributed by atoms with E-state index >= 15 is 0 Å². The molecule has 0 saturated heterocycles. The van der Waals surface area contributed by atoms with Gasteiger partial charge >= 0.3 is 0 Å². The highest BCUT2D eigenvalue weighted by Crippen LogP contribution is 2.12. The van der Waals surface area contributed by atoms with Crippen LogP contribution in [0.1, 0.15) is 21.5 Å². The second-order valence-corrected chi connectivity index (χ2v) is 3.43. The summed E-state index contributed by atoms with van der Waals surface area (Å²) in [5, 5.41) is 9.30. The normalized spacial score (nSPS) is 12.6. The second kappa shape index (κ2) is 4.35.